The molecule has 21 heavy (non-hydrogen) atoms. The summed E-state index contributed by atoms with van der Waals surface area (Å²) >= 11 is 0. The van der Waals surface area contributed by atoms with Crippen LogP contribution < -0.4 is 5.73 Å². The second-order valence-electron chi connectivity index (χ2n) is 7.68. The molecule has 0 aromatic carbocycles. The summed E-state index contributed by atoms with van der Waals surface area (Å²) in [5, 5.41) is 0. The lowest BCUT2D eigenvalue weighted by molar-refractivity contribution is 0.0874. The summed E-state index contributed by atoms with van der Waals surface area (Å²) in [4.78, 5) is 5.60. The van der Waals surface area contributed by atoms with Crippen molar-refractivity contribution in [2.24, 2.45) is 17.6 Å². The van der Waals surface area contributed by atoms with Gasteiger partial charge in [0.2, 0.25) is 0 Å². The van der Waals surface area contributed by atoms with E-state index in [1.165, 1.54) is 77.5 Å². The van der Waals surface area contributed by atoms with Crippen LogP contribution in [0.5, 0.6) is 0 Å². The summed E-state index contributed by atoms with van der Waals surface area (Å²) in [5.41, 5.74) is 6.09. The first-order chi connectivity index (χ1) is 10.3. The number of nitrogens with zero attached hydrogens (tertiary/aromatic N) is 2. The van der Waals surface area contributed by atoms with Crippen molar-refractivity contribution < 1.29 is 0 Å². The Balaban J connectivity index is 1.57. The van der Waals surface area contributed by atoms with Crippen LogP contribution in [-0.4, -0.2) is 54.6 Å². The van der Waals surface area contributed by atoms with Gasteiger partial charge in [0, 0.05) is 25.2 Å². The van der Waals surface area contributed by atoms with E-state index in [2.05, 4.69) is 16.7 Å². The highest BCUT2D eigenvalue weighted by Gasteiger charge is 2.37. The Morgan fingerprint density at radius 3 is 2.48 bits per heavy atom. The molecule has 0 spiro atoms. The highest BCUT2D eigenvalue weighted by Crippen LogP contribution is 2.35. The van der Waals surface area contributed by atoms with Crippen LogP contribution >= 0.6 is 0 Å². The van der Waals surface area contributed by atoms with E-state index in [1.54, 1.807) is 0 Å². The standard InChI is InChI=1S/C18H35N3/c1-2-15-6-7-16(13-19)18(12-15)21-11-8-17(14-21)20-9-4-3-5-10-20/h15-18H,2-14,19H2,1H3. The van der Waals surface area contributed by atoms with E-state index in [4.69, 9.17) is 5.73 Å². The summed E-state index contributed by atoms with van der Waals surface area (Å²) in [6.07, 6.45) is 11.2. The number of hydrogen-bond donors (Lipinski definition) is 1. The van der Waals surface area contributed by atoms with Gasteiger partial charge in [0.25, 0.3) is 0 Å². The van der Waals surface area contributed by atoms with Gasteiger partial charge in [-0.15, -0.1) is 0 Å². The summed E-state index contributed by atoms with van der Waals surface area (Å²) in [6, 6.07) is 1.62. The van der Waals surface area contributed by atoms with Crippen molar-refractivity contribution in [2.45, 2.75) is 70.4 Å². The number of nitrogens with two attached hydrogens (primary N) is 1. The Bertz CT molecular complexity index is 314. The Morgan fingerprint density at radius 1 is 0.952 bits per heavy atom. The van der Waals surface area contributed by atoms with E-state index in [0.717, 1.165) is 30.5 Å². The molecular formula is C18H35N3. The molecule has 122 valence electrons. The molecule has 2 N–H and O–H groups in total. The molecule has 2 aliphatic heterocycles. The summed E-state index contributed by atoms with van der Waals surface area (Å²) in [7, 11) is 0. The van der Waals surface area contributed by atoms with E-state index in [0.29, 0.717) is 0 Å². The van der Waals surface area contributed by atoms with Gasteiger partial charge >= 0.3 is 0 Å². The smallest absolute Gasteiger partial charge is 0.0235 e. The lowest BCUT2D eigenvalue weighted by Gasteiger charge is -2.41. The van der Waals surface area contributed by atoms with Crippen LogP contribution in [0.1, 0.15) is 58.3 Å². The molecule has 4 atom stereocenters. The monoisotopic (exact) mass is 293 g/mol. The Morgan fingerprint density at radius 2 is 1.76 bits per heavy atom. The van der Waals surface area contributed by atoms with Gasteiger partial charge in [-0.25, -0.2) is 0 Å². The normalized spacial score (nSPS) is 39.7. The third-order valence-corrected chi connectivity index (χ3v) is 6.52. The molecule has 1 saturated carbocycles. The maximum atomic E-state index is 6.09. The highest BCUT2D eigenvalue weighted by atomic mass is 15.3. The number of hydrogen-bond acceptors (Lipinski definition) is 3. The summed E-state index contributed by atoms with van der Waals surface area (Å²) in [5.74, 6) is 1.71. The van der Waals surface area contributed by atoms with Crippen molar-refractivity contribution in [3.63, 3.8) is 0 Å². The maximum absolute atomic E-state index is 6.09. The van der Waals surface area contributed by atoms with Gasteiger partial charge in [-0.3, -0.25) is 9.80 Å². The average Bonchev–Trinajstić information content (AvgIpc) is 3.05. The second-order valence-corrected chi connectivity index (χ2v) is 7.68. The lowest BCUT2D eigenvalue weighted by Crippen LogP contribution is -2.48. The summed E-state index contributed by atoms with van der Waals surface area (Å²) in [6.45, 7) is 8.59. The molecule has 0 radical (unpaired) electrons. The molecule has 3 fully saturated rings. The number of piperidine rings is 1. The van der Waals surface area contributed by atoms with Crippen molar-refractivity contribution in [1.82, 2.24) is 9.80 Å². The van der Waals surface area contributed by atoms with Crippen LogP contribution in [0.4, 0.5) is 0 Å². The van der Waals surface area contributed by atoms with Crippen LogP contribution in [0, 0.1) is 11.8 Å². The van der Waals surface area contributed by atoms with E-state index < -0.39 is 0 Å². The molecule has 3 heteroatoms. The average molecular weight is 293 g/mol. The molecule has 3 nitrogen and oxygen atoms in total. The zero-order valence-corrected chi connectivity index (χ0v) is 14.0. The van der Waals surface area contributed by atoms with Gasteiger partial charge in [-0.2, -0.15) is 0 Å². The second kappa shape index (κ2) is 7.43. The van der Waals surface area contributed by atoms with Crippen molar-refractivity contribution >= 4 is 0 Å². The third-order valence-electron chi connectivity index (χ3n) is 6.52. The molecule has 0 bridgehead atoms. The van der Waals surface area contributed by atoms with Crippen LogP contribution in [0.25, 0.3) is 0 Å². The van der Waals surface area contributed by atoms with Crippen LogP contribution in [0.2, 0.25) is 0 Å². The van der Waals surface area contributed by atoms with Crippen LogP contribution in [-0.2, 0) is 0 Å². The SMILES string of the molecule is CCC1CCC(CN)C(N2CCC(N3CCCCC3)C2)C1. The molecular weight excluding hydrogens is 258 g/mol. The van der Waals surface area contributed by atoms with Gasteiger partial charge in [0.05, 0.1) is 0 Å². The predicted octanol–water partition coefficient (Wildman–Crippen LogP) is 2.70. The number of likely N-dealkylation sites (tertiary alicyclic amines) is 2. The fourth-order valence-corrected chi connectivity index (χ4v) is 5.04. The minimum Gasteiger partial charge on any atom is -0.330 e. The Kier molecular flexibility index (Phi) is 5.58. The Labute approximate surface area is 131 Å². The van der Waals surface area contributed by atoms with E-state index >= 15 is 0 Å². The first-order valence-electron chi connectivity index (χ1n) is 9.50. The first-order valence-corrected chi connectivity index (χ1v) is 9.50. The van der Waals surface area contributed by atoms with E-state index in [1.807, 2.05) is 0 Å². The fraction of sp³-hybridized carbons (Fsp3) is 1.00. The fourth-order valence-electron chi connectivity index (χ4n) is 5.04. The van der Waals surface area contributed by atoms with E-state index in [-0.39, 0.29) is 0 Å². The van der Waals surface area contributed by atoms with Crippen molar-refractivity contribution in [3.8, 4) is 0 Å². The van der Waals surface area contributed by atoms with E-state index in [9.17, 15) is 0 Å². The first kappa shape index (κ1) is 15.8. The Hall–Kier alpha value is -0.120. The van der Waals surface area contributed by atoms with Crippen molar-refractivity contribution in [3.05, 3.63) is 0 Å². The van der Waals surface area contributed by atoms with Gasteiger partial charge in [-0.1, -0.05) is 26.2 Å². The molecule has 2 saturated heterocycles. The predicted molar refractivity (Wildman–Crippen MR) is 89.4 cm³/mol. The van der Waals surface area contributed by atoms with Gasteiger partial charge in [-0.05, 0) is 63.6 Å². The molecule has 0 aromatic rings. The van der Waals surface area contributed by atoms with Crippen LogP contribution in [0.15, 0.2) is 0 Å². The van der Waals surface area contributed by atoms with Crippen molar-refractivity contribution in [1.29, 1.82) is 0 Å². The lowest BCUT2D eigenvalue weighted by atomic mass is 9.76. The molecule has 2 heterocycles. The largest absolute Gasteiger partial charge is 0.330 e. The van der Waals surface area contributed by atoms with Crippen molar-refractivity contribution in [2.75, 3.05) is 32.7 Å². The topological polar surface area (TPSA) is 32.5 Å². The van der Waals surface area contributed by atoms with Gasteiger partial charge < -0.3 is 5.73 Å². The molecule has 3 rings (SSSR count). The zero-order chi connectivity index (χ0) is 14.7. The van der Waals surface area contributed by atoms with Crippen LogP contribution in [0.3, 0.4) is 0 Å². The minimum atomic E-state index is 0.757. The van der Waals surface area contributed by atoms with Gasteiger partial charge in [0.15, 0.2) is 0 Å². The third kappa shape index (κ3) is 3.62. The molecule has 0 aromatic heterocycles. The molecule has 1 aliphatic carbocycles. The molecule has 0 amide bonds. The quantitative estimate of drug-likeness (QED) is 0.865. The minimum absolute atomic E-state index is 0.757. The summed E-state index contributed by atoms with van der Waals surface area (Å²) < 4.78 is 0. The maximum Gasteiger partial charge on any atom is 0.0235 e. The molecule has 4 unspecified atom stereocenters. The van der Waals surface area contributed by atoms with Gasteiger partial charge in [0.1, 0.15) is 0 Å². The molecule has 3 aliphatic rings. The zero-order valence-electron chi connectivity index (χ0n) is 14.0. The number of rotatable bonds is 4. The highest BCUT2D eigenvalue weighted by molar-refractivity contribution is 4.93.